The summed E-state index contributed by atoms with van der Waals surface area (Å²) in [5.41, 5.74) is 11.1. The largest absolute Gasteiger partial charge is 0.454 e. The van der Waals surface area contributed by atoms with Crippen LogP contribution in [0.4, 0.5) is 0 Å². The molecule has 0 atom stereocenters. The molecule has 0 fully saturated rings. The lowest BCUT2D eigenvalue weighted by Gasteiger charge is -2.00. The first-order valence-corrected chi connectivity index (χ1v) is 5.17. The van der Waals surface area contributed by atoms with Crippen molar-refractivity contribution in [1.29, 1.82) is 0 Å². The Labute approximate surface area is 100 Å². The fourth-order valence-corrected chi connectivity index (χ4v) is 1.80. The molecule has 2 rings (SSSR count). The summed E-state index contributed by atoms with van der Waals surface area (Å²) in [6, 6.07) is 3.62. The summed E-state index contributed by atoms with van der Waals surface area (Å²) in [4.78, 5) is 0. The van der Waals surface area contributed by atoms with Crippen LogP contribution >= 0.6 is 15.9 Å². The lowest BCUT2D eigenvalue weighted by molar-refractivity contribution is 0.173. The van der Waals surface area contributed by atoms with E-state index in [9.17, 15) is 0 Å². The van der Waals surface area contributed by atoms with Gasteiger partial charge in [0.1, 0.15) is 0 Å². The highest BCUT2D eigenvalue weighted by Crippen LogP contribution is 2.39. The molecule has 0 saturated heterocycles. The molecule has 0 spiro atoms. The predicted octanol–water partition coefficient (Wildman–Crippen LogP) is 0.785. The van der Waals surface area contributed by atoms with E-state index in [1.807, 2.05) is 6.07 Å². The summed E-state index contributed by atoms with van der Waals surface area (Å²) in [7, 11) is 0. The molecular formula is C9H9BrN4O2. The van der Waals surface area contributed by atoms with Crippen LogP contribution in [-0.4, -0.2) is 19.0 Å². The van der Waals surface area contributed by atoms with Crippen molar-refractivity contribution in [3.8, 4) is 11.5 Å². The second-order valence-electron chi connectivity index (χ2n) is 3.01. The zero-order valence-corrected chi connectivity index (χ0v) is 9.77. The van der Waals surface area contributed by atoms with Gasteiger partial charge >= 0.3 is 0 Å². The zero-order valence-electron chi connectivity index (χ0n) is 8.18. The molecule has 0 saturated carbocycles. The van der Waals surface area contributed by atoms with E-state index in [0.717, 1.165) is 10.0 Å². The SMILES string of the molecule is NC(N)=NN=Cc1cc(Br)c2c(c1)OCO2. The highest BCUT2D eigenvalue weighted by Gasteiger charge is 2.17. The lowest BCUT2D eigenvalue weighted by atomic mass is 10.2. The van der Waals surface area contributed by atoms with Gasteiger partial charge in [-0.15, -0.1) is 5.10 Å². The van der Waals surface area contributed by atoms with Crippen LogP contribution in [0.5, 0.6) is 11.5 Å². The topological polar surface area (TPSA) is 95.2 Å². The summed E-state index contributed by atoms with van der Waals surface area (Å²) in [5.74, 6) is 1.27. The maximum Gasteiger partial charge on any atom is 0.231 e. The van der Waals surface area contributed by atoms with Crippen molar-refractivity contribution in [1.82, 2.24) is 0 Å². The minimum Gasteiger partial charge on any atom is -0.454 e. The Balaban J connectivity index is 2.27. The van der Waals surface area contributed by atoms with Crippen LogP contribution in [0.3, 0.4) is 0 Å². The van der Waals surface area contributed by atoms with Crippen LogP contribution in [0.15, 0.2) is 26.8 Å². The van der Waals surface area contributed by atoms with Crippen molar-refractivity contribution >= 4 is 28.1 Å². The molecule has 0 radical (unpaired) electrons. The molecule has 0 aliphatic carbocycles. The lowest BCUT2D eigenvalue weighted by Crippen LogP contribution is -2.21. The smallest absolute Gasteiger partial charge is 0.231 e. The summed E-state index contributed by atoms with van der Waals surface area (Å²) in [5, 5.41) is 7.20. The van der Waals surface area contributed by atoms with Crippen LogP contribution in [0.1, 0.15) is 5.56 Å². The van der Waals surface area contributed by atoms with Crippen LogP contribution in [-0.2, 0) is 0 Å². The molecule has 0 amide bonds. The minimum absolute atomic E-state index is 0.0870. The number of halogens is 1. The molecule has 0 bridgehead atoms. The van der Waals surface area contributed by atoms with Crippen LogP contribution in [0, 0.1) is 0 Å². The van der Waals surface area contributed by atoms with E-state index < -0.39 is 0 Å². The summed E-state index contributed by atoms with van der Waals surface area (Å²) in [6.07, 6.45) is 1.52. The molecule has 1 aliphatic heterocycles. The first-order chi connectivity index (χ1) is 7.66. The van der Waals surface area contributed by atoms with Crippen LogP contribution in [0.2, 0.25) is 0 Å². The maximum absolute atomic E-state index is 5.25. The number of fused-ring (bicyclic) bond motifs is 1. The van der Waals surface area contributed by atoms with Gasteiger partial charge in [-0.25, -0.2) is 0 Å². The van der Waals surface area contributed by atoms with Gasteiger partial charge in [0.15, 0.2) is 11.5 Å². The van der Waals surface area contributed by atoms with E-state index in [1.54, 1.807) is 6.07 Å². The molecule has 0 aromatic heterocycles. The van der Waals surface area contributed by atoms with Crippen molar-refractivity contribution in [2.45, 2.75) is 0 Å². The Hall–Kier alpha value is -1.76. The molecule has 1 aliphatic rings. The van der Waals surface area contributed by atoms with E-state index >= 15 is 0 Å². The first-order valence-electron chi connectivity index (χ1n) is 4.38. The molecule has 7 heteroatoms. The quantitative estimate of drug-likeness (QED) is 0.477. The number of nitrogens with two attached hydrogens (primary N) is 2. The van der Waals surface area contributed by atoms with E-state index in [2.05, 4.69) is 26.1 Å². The Bertz CT molecular complexity index is 469. The van der Waals surface area contributed by atoms with Gasteiger partial charge in [0, 0.05) is 0 Å². The van der Waals surface area contributed by atoms with Crippen LogP contribution in [0.25, 0.3) is 0 Å². The molecule has 1 aromatic rings. The highest BCUT2D eigenvalue weighted by molar-refractivity contribution is 9.10. The van der Waals surface area contributed by atoms with E-state index in [0.29, 0.717) is 11.5 Å². The van der Waals surface area contributed by atoms with Crippen molar-refractivity contribution < 1.29 is 9.47 Å². The summed E-state index contributed by atoms with van der Waals surface area (Å²) in [6.45, 7) is 0.225. The third-order valence-electron chi connectivity index (χ3n) is 1.83. The molecule has 16 heavy (non-hydrogen) atoms. The second kappa shape index (κ2) is 4.40. The van der Waals surface area contributed by atoms with E-state index in [-0.39, 0.29) is 12.8 Å². The number of hydrogen-bond acceptors (Lipinski definition) is 4. The van der Waals surface area contributed by atoms with Gasteiger partial charge < -0.3 is 20.9 Å². The van der Waals surface area contributed by atoms with Crippen molar-refractivity contribution in [2.75, 3.05) is 6.79 Å². The van der Waals surface area contributed by atoms with E-state index in [1.165, 1.54) is 6.21 Å². The third-order valence-corrected chi connectivity index (χ3v) is 2.42. The molecule has 4 N–H and O–H groups in total. The minimum atomic E-state index is -0.0870. The third kappa shape index (κ3) is 2.25. The number of hydrogen-bond donors (Lipinski definition) is 2. The normalized spacial score (nSPS) is 13.1. The van der Waals surface area contributed by atoms with E-state index in [4.69, 9.17) is 20.9 Å². The Morgan fingerprint density at radius 2 is 2.19 bits per heavy atom. The number of benzene rings is 1. The molecule has 1 aromatic carbocycles. The molecule has 84 valence electrons. The fraction of sp³-hybridized carbons (Fsp3) is 0.111. The number of rotatable bonds is 2. The molecule has 1 heterocycles. The predicted molar refractivity (Wildman–Crippen MR) is 63.7 cm³/mol. The monoisotopic (exact) mass is 284 g/mol. The number of nitrogens with zero attached hydrogens (tertiary/aromatic N) is 2. The van der Waals surface area contributed by atoms with Crippen molar-refractivity contribution in [2.24, 2.45) is 21.7 Å². The van der Waals surface area contributed by atoms with Gasteiger partial charge in [0.05, 0.1) is 10.7 Å². The molecule has 0 unspecified atom stereocenters. The van der Waals surface area contributed by atoms with Gasteiger partial charge in [-0.2, -0.15) is 5.10 Å². The Morgan fingerprint density at radius 3 is 2.94 bits per heavy atom. The zero-order chi connectivity index (χ0) is 11.5. The summed E-state index contributed by atoms with van der Waals surface area (Å²) < 4.78 is 11.3. The van der Waals surface area contributed by atoms with Gasteiger partial charge in [-0.1, -0.05) is 0 Å². The number of guanidine groups is 1. The average molecular weight is 285 g/mol. The molecule has 6 nitrogen and oxygen atoms in total. The van der Waals surface area contributed by atoms with Gasteiger partial charge in [-0.3, -0.25) is 0 Å². The average Bonchev–Trinajstić information content (AvgIpc) is 2.65. The van der Waals surface area contributed by atoms with Crippen molar-refractivity contribution in [3.05, 3.63) is 22.2 Å². The molecular weight excluding hydrogens is 276 g/mol. The van der Waals surface area contributed by atoms with Gasteiger partial charge in [-0.05, 0) is 33.6 Å². The Kier molecular flexibility index (Phi) is 2.95. The highest BCUT2D eigenvalue weighted by atomic mass is 79.9. The second-order valence-corrected chi connectivity index (χ2v) is 3.86. The first kappa shape index (κ1) is 10.7. The number of ether oxygens (including phenoxy) is 2. The fourth-order valence-electron chi connectivity index (χ4n) is 1.22. The maximum atomic E-state index is 5.25. The van der Waals surface area contributed by atoms with Crippen molar-refractivity contribution in [3.63, 3.8) is 0 Å². The Morgan fingerprint density at radius 1 is 1.38 bits per heavy atom. The van der Waals surface area contributed by atoms with Crippen LogP contribution < -0.4 is 20.9 Å². The van der Waals surface area contributed by atoms with Gasteiger partial charge in [0.25, 0.3) is 0 Å². The standard InChI is InChI=1S/C9H9BrN4O2/c10-6-1-5(3-13-14-9(11)12)2-7-8(6)16-4-15-7/h1-3H,4H2,(H4,11,12,14). The summed E-state index contributed by atoms with van der Waals surface area (Å²) >= 11 is 3.37. The van der Waals surface area contributed by atoms with Gasteiger partial charge in [0.2, 0.25) is 12.8 Å².